The van der Waals surface area contributed by atoms with Crippen molar-refractivity contribution >= 4 is 6.29 Å². The van der Waals surface area contributed by atoms with E-state index in [4.69, 9.17) is 0 Å². The Morgan fingerprint density at radius 1 is 1.07 bits per heavy atom. The molecule has 0 amide bonds. The first kappa shape index (κ1) is 11.0. The zero-order chi connectivity index (χ0) is 10.4. The second kappa shape index (κ2) is 5.58. The van der Waals surface area contributed by atoms with E-state index in [0.717, 1.165) is 25.5 Å². The summed E-state index contributed by atoms with van der Waals surface area (Å²) in [6.07, 6.45) is 4.92. The Hall–Kier alpha value is -1.11. The monoisotopic (exact) mass is 190 g/mol. The van der Waals surface area contributed by atoms with E-state index in [1.807, 2.05) is 0 Å². The molecule has 0 fully saturated rings. The number of hydrogen-bond acceptors (Lipinski definition) is 1. The van der Waals surface area contributed by atoms with Crippen molar-refractivity contribution in [2.24, 2.45) is 0 Å². The third-order valence-corrected chi connectivity index (χ3v) is 2.32. The summed E-state index contributed by atoms with van der Waals surface area (Å²) in [6.45, 7) is 4.25. The number of carbonyl (C=O) groups is 1. The van der Waals surface area contributed by atoms with Crippen molar-refractivity contribution in [3.8, 4) is 0 Å². The van der Waals surface area contributed by atoms with Gasteiger partial charge in [0.25, 0.3) is 0 Å². The van der Waals surface area contributed by atoms with Gasteiger partial charge in [0.15, 0.2) is 0 Å². The molecule has 1 heteroatoms. The van der Waals surface area contributed by atoms with Crippen molar-refractivity contribution in [1.29, 1.82) is 0 Å². The lowest BCUT2D eigenvalue weighted by Gasteiger charge is -2.03. The average Bonchev–Trinajstić information content (AvgIpc) is 2.11. The molecule has 0 aliphatic rings. The molecule has 0 aliphatic heterocycles. The van der Waals surface area contributed by atoms with Crippen LogP contribution >= 0.6 is 0 Å². The molecule has 0 saturated heterocycles. The van der Waals surface area contributed by atoms with Crippen LogP contribution in [0.5, 0.6) is 0 Å². The molecule has 0 radical (unpaired) electrons. The Bertz CT molecular complexity index is 282. The van der Waals surface area contributed by atoms with E-state index in [0.29, 0.717) is 6.42 Å². The van der Waals surface area contributed by atoms with Crippen LogP contribution < -0.4 is 0 Å². The molecule has 0 saturated carbocycles. The lowest BCUT2D eigenvalue weighted by Crippen LogP contribution is -1.89. The topological polar surface area (TPSA) is 17.1 Å². The normalized spacial score (nSPS) is 10.1. The maximum Gasteiger partial charge on any atom is 0.119 e. The van der Waals surface area contributed by atoms with E-state index in [2.05, 4.69) is 32.0 Å². The fourth-order valence-corrected chi connectivity index (χ4v) is 1.77. The maximum absolute atomic E-state index is 10.1. The van der Waals surface area contributed by atoms with Crippen LogP contribution in [0.25, 0.3) is 0 Å². The molecule has 0 heterocycles. The van der Waals surface area contributed by atoms with Gasteiger partial charge in [0.1, 0.15) is 6.29 Å². The Morgan fingerprint density at radius 3 is 2.29 bits per heavy atom. The van der Waals surface area contributed by atoms with Gasteiger partial charge < -0.3 is 4.79 Å². The Labute approximate surface area is 86.1 Å². The minimum absolute atomic E-state index is 0.699. The van der Waals surface area contributed by atoms with Crippen LogP contribution in [-0.2, 0) is 11.2 Å². The van der Waals surface area contributed by atoms with E-state index in [-0.39, 0.29) is 0 Å². The molecular formula is C13H18O. The molecule has 0 bridgehead atoms. The highest BCUT2D eigenvalue weighted by Crippen LogP contribution is 2.11. The van der Waals surface area contributed by atoms with Gasteiger partial charge in [-0.2, -0.15) is 0 Å². The van der Waals surface area contributed by atoms with Gasteiger partial charge >= 0.3 is 0 Å². The third kappa shape index (κ3) is 3.73. The van der Waals surface area contributed by atoms with Gasteiger partial charge in [0, 0.05) is 6.42 Å². The minimum Gasteiger partial charge on any atom is -0.303 e. The Kier molecular flexibility index (Phi) is 4.37. The van der Waals surface area contributed by atoms with Crippen molar-refractivity contribution in [3.63, 3.8) is 0 Å². The van der Waals surface area contributed by atoms with Gasteiger partial charge in [0.2, 0.25) is 0 Å². The summed E-state index contributed by atoms with van der Waals surface area (Å²) in [6, 6.07) is 6.65. The van der Waals surface area contributed by atoms with Crippen LogP contribution in [0.1, 0.15) is 36.0 Å². The van der Waals surface area contributed by atoms with Crippen LogP contribution in [0, 0.1) is 13.8 Å². The fraction of sp³-hybridized carbons (Fsp3) is 0.462. The molecule has 76 valence electrons. The molecule has 0 aliphatic carbocycles. The van der Waals surface area contributed by atoms with Crippen LogP contribution in [0.15, 0.2) is 18.2 Å². The quantitative estimate of drug-likeness (QED) is 0.514. The van der Waals surface area contributed by atoms with Crippen molar-refractivity contribution in [3.05, 3.63) is 34.9 Å². The number of hydrogen-bond donors (Lipinski definition) is 0. The summed E-state index contributed by atoms with van der Waals surface area (Å²) in [5.41, 5.74) is 4.05. The molecule has 14 heavy (non-hydrogen) atoms. The lowest BCUT2D eigenvalue weighted by molar-refractivity contribution is -0.107. The lowest BCUT2D eigenvalue weighted by atomic mass is 10.0. The third-order valence-electron chi connectivity index (χ3n) is 2.32. The number of unbranched alkanes of at least 4 members (excludes halogenated alkanes) is 2. The highest BCUT2D eigenvalue weighted by molar-refractivity contribution is 5.48. The summed E-state index contributed by atoms with van der Waals surface area (Å²) in [4.78, 5) is 10.1. The van der Waals surface area contributed by atoms with Crippen molar-refractivity contribution < 1.29 is 4.79 Å². The van der Waals surface area contributed by atoms with Crippen molar-refractivity contribution in [2.75, 3.05) is 0 Å². The predicted molar refractivity (Wildman–Crippen MR) is 59.5 cm³/mol. The molecule has 1 rings (SSSR count). The molecule has 1 aromatic rings. The first-order valence-electron chi connectivity index (χ1n) is 5.23. The van der Waals surface area contributed by atoms with Crippen LogP contribution in [-0.4, -0.2) is 6.29 Å². The van der Waals surface area contributed by atoms with Gasteiger partial charge in [-0.3, -0.25) is 0 Å². The highest BCUT2D eigenvalue weighted by atomic mass is 16.1. The summed E-state index contributed by atoms with van der Waals surface area (Å²) in [5, 5.41) is 0. The average molecular weight is 190 g/mol. The van der Waals surface area contributed by atoms with E-state index in [9.17, 15) is 4.79 Å². The highest BCUT2D eigenvalue weighted by Gasteiger charge is 1.96. The summed E-state index contributed by atoms with van der Waals surface area (Å²) in [5.74, 6) is 0. The van der Waals surface area contributed by atoms with Gasteiger partial charge in [-0.25, -0.2) is 0 Å². The van der Waals surface area contributed by atoms with Gasteiger partial charge in [-0.1, -0.05) is 29.3 Å². The zero-order valence-corrected chi connectivity index (χ0v) is 9.05. The van der Waals surface area contributed by atoms with Crippen molar-refractivity contribution in [1.82, 2.24) is 0 Å². The molecule has 0 aromatic heterocycles. The number of rotatable bonds is 5. The smallest absolute Gasteiger partial charge is 0.119 e. The van der Waals surface area contributed by atoms with Gasteiger partial charge in [-0.15, -0.1) is 0 Å². The van der Waals surface area contributed by atoms with E-state index in [1.54, 1.807) is 0 Å². The maximum atomic E-state index is 10.1. The van der Waals surface area contributed by atoms with Crippen molar-refractivity contribution in [2.45, 2.75) is 39.5 Å². The number of aryl methyl sites for hydroxylation is 3. The summed E-state index contributed by atoms with van der Waals surface area (Å²) < 4.78 is 0. The largest absolute Gasteiger partial charge is 0.303 e. The Morgan fingerprint density at radius 2 is 1.71 bits per heavy atom. The minimum atomic E-state index is 0.699. The number of aldehydes is 1. The van der Waals surface area contributed by atoms with E-state index >= 15 is 0 Å². The van der Waals surface area contributed by atoms with Crippen LogP contribution in [0.4, 0.5) is 0 Å². The van der Waals surface area contributed by atoms with Gasteiger partial charge in [0.05, 0.1) is 0 Å². The van der Waals surface area contributed by atoms with Gasteiger partial charge in [-0.05, 0) is 38.7 Å². The summed E-state index contributed by atoms with van der Waals surface area (Å²) >= 11 is 0. The van der Waals surface area contributed by atoms with E-state index in [1.165, 1.54) is 16.7 Å². The van der Waals surface area contributed by atoms with Crippen LogP contribution in [0.3, 0.4) is 0 Å². The SMILES string of the molecule is Cc1cc(C)cc(CCCCC=O)c1. The molecule has 0 spiro atoms. The summed E-state index contributed by atoms with van der Waals surface area (Å²) in [7, 11) is 0. The second-order valence-corrected chi connectivity index (χ2v) is 3.91. The number of benzene rings is 1. The Balaban J connectivity index is 2.46. The predicted octanol–water partition coefficient (Wildman–Crippen LogP) is 3.22. The fourth-order valence-electron chi connectivity index (χ4n) is 1.77. The van der Waals surface area contributed by atoms with E-state index < -0.39 is 0 Å². The molecule has 0 N–H and O–H groups in total. The molecule has 1 aromatic carbocycles. The first-order chi connectivity index (χ1) is 6.72. The molecule has 0 atom stereocenters. The molecule has 0 unspecified atom stereocenters. The molecule has 1 nitrogen and oxygen atoms in total. The number of carbonyl (C=O) groups excluding carboxylic acids is 1. The second-order valence-electron chi connectivity index (χ2n) is 3.91. The first-order valence-corrected chi connectivity index (χ1v) is 5.23. The standard InChI is InChI=1S/C13H18O/c1-11-8-12(2)10-13(9-11)6-4-3-5-7-14/h7-10H,3-6H2,1-2H3. The zero-order valence-electron chi connectivity index (χ0n) is 9.05. The molecular weight excluding hydrogens is 172 g/mol. The van der Waals surface area contributed by atoms with Crippen LogP contribution in [0.2, 0.25) is 0 Å².